The molecule has 1 heterocycles. The molecule has 0 saturated heterocycles. The molecule has 1 aromatic rings. The predicted octanol–water partition coefficient (Wildman–Crippen LogP) is 4.71. The molecule has 0 atom stereocenters. The molecular weight excluding hydrogens is 308 g/mol. The second kappa shape index (κ2) is 8.81. The molecule has 0 radical (unpaired) electrons. The minimum atomic E-state index is -0.331. The van der Waals surface area contributed by atoms with E-state index < -0.39 is 0 Å². The summed E-state index contributed by atoms with van der Waals surface area (Å²) in [6.45, 7) is 4.09. The van der Waals surface area contributed by atoms with Crippen LogP contribution in [-0.2, 0) is 6.42 Å². The zero-order chi connectivity index (χ0) is 17.5. The van der Waals surface area contributed by atoms with E-state index in [2.05, 4.69) is 6.92 Å². The average molecular weight is 336 g/mol. The lowest BCUT2D eigenvalue weighted by molar-refractivity contribution is 0.0973. The van der Waals surface area contributed by atoms with Gasteiger partial charge in [-0.25, -0.2) is 0 Å². The number of ether oxygens (including phenoxy) is 2. The Hall–Kier alpha value is -1.91. The standard InChI is InChI=1S/C19H28O5/c1-3-5-6-7-8-9-11-14(20)15-13(10-4-2)16(21)17(22)19-18(15)23-12-24-19/h21-22H,3-12H2,1-2H3. The molecule has 0 spiro atoms. The largest absolute Gasteiger partial charge is 0.504 e. The molecule has 2 rings (SSSR count). The SMILES string of the molecule is CCCCCCCCC(=O)c1c(CCC)c(O)c(O)c2c1OCO2. The summed E-state index contributed by atoms with van der Waals surface area (Å²) in [5.41, 5.74) is 0.850. The van der Waals surface area contributed by atoms with Crippen molar-refractivity contribution >= 4 is 5.78 Å². The van der Waals surface area contributed by atoms with Crippen LogP contribution < -0.4 is 9.47 Å². The van der Waals surface area contributed by atoms with Crippen LogP contribution in [0.5, 0.6) is 23.0 Å². The van der Waals surface area contributed by atoms with Crippen LogP contribution >= 0.6 is 0 Å². The molecule has 5 nitrogen and oxygen atoms in total. The molecule has 5 heteroatoms. The third kappa shape index (κ3) is 3.94. The Bertz CT molecular complexity index is 580. The fourth-order valence-corrected chi connectivity index (χ4v) is 3.13. The topological polar surface area (TPSA) is 76.0 Å². The van der Waals surface area contributed by atoms with Crippen LogP contribution in [0.1, 0.15) is 81.1 Å². The summed E-state index contributed by atoms with van der Waals surface area (Å²) < 4.78 is 10.6. The van der Waals surface area contributed by atoms with E-state index in [4.69, 9.17) is 9.47 Å². The van der Waals surface area contributed by atoms with Gasteiger partial charge in [0.05, 0.1) is 5.56 Å². The third-order valence-electron chi connectivity index (χ3n) is 4.40. The monoisotopic (exact) mass is 336 g/mol. The quantitative estimate of drug-likeness (QED) is 0.367. The molecule has 0 aliphatic carbocycles. The first-order valence-electron chi connectivity index (χ1n) is 9.01. The van der Waals surface area contributed by atoms with Gasteiger partial charge < -0.3 is 19.7 Å². The first-order chi connectivity index (χ1) is 11.6. The number of hydrogen-bond donors (Lipinski definition) is 2. The van der Waals surface area contributed by atoms with Gasteiger partial charge in [0.15, 0.2) is 17.3 Å². The van der Waals surface area contributed by atoms with Crippen LogP contribution in [0, 0.1) is 0 Å². The second-order valence-electron chi connectivity index (χ2n) is 6.31. The maximum Gasteiger partial charge on any atom is 0.231 e. The molecule has 1 aliphatic rings. The van der Waals surface area contributed by atoms with Gasteiger partial charge >= 0.3 is 0 Å². The summed E-state index contributed by atoms with van der Waals surface area (Å²) in [6, 6.07) is 0. The number of benzene rings is 1. The number of aromatic hydroxyl groups is 2. The molecule has 1 aliphatic heterocycles. The third-order valence-corrected chi connectivity index (χ3v) is 4.40. The second-order valence-corrected chi connectivity index (χ2v) is 6.31. The lowest BCUT2D eigenvalue weighted by Crippen LogP contribution is -2.07. The Morgan fingerprint density at radius 3 is 2.29 bits per heavy atom. The van der Waals surface area contributed by atoms with Crippen molar-refractivity contribution in [3.63, 3.8) is 0 Å². The van der Waals surface area contributed by atoms with Gasteiger partial charge in [0.2, 0.25) is 18.3 Å². The van der Waals surface area contributed by atoms with E-state index in [-0.39, 0.29) is 35.6 Å². The molecule has 0 saturated carbocycles. The van der Waals surface area contributed by atoms with Crippen LogP contribution in [0.2, 0.25) is 0 Å². The summed E-state index contributed by atoms with van der Waals surface area (Å²) in [7, 11) is 0. The van der Waals surface area contributed by atoms with Gasteiger partial charge in [0.25, 0.3) is 0 Å². The Morgan fingerprint density at radius 1 is 0.917 bits per heavy atom. The van der Waals surface area contributed by atoms with Crippen LogP contribution in [0.25, 0.3) is 0 Å². The number of phenols is 2. The molecule has 0 fully saturated rings. The fraction of sp³-hybridized carbons (Fsp3) is 0.632. The van der Waals surface area contributed by atoms with Crippen molar-refractivity contribution in [3.8, 4) is 23.0 Å². The van der Waals surface area contributed by atoms with E-state index in [1.807, 2.05) is 6.92 Å². The van der Waals surface area contributed by atoms with Gasteiger partial charge in [-0.1, -0.05) is 52.4 Å². The summed E-state index contributed by atoms with van der Waals surface area (Å²) in [6.07, 6.45) is 8.32. The Balaban J connectivity index is 2.14. The highest BCUT2D eigenvalue weighted by atomic mass is 16.7. The highest BCUT2D eigenvalue weighted by molar-refractivity contribution is 6.02. The maximum absolute atomic E-state index is 12.7. The predicted molar refractivity (Wildman–Crippen MR) is 92.2 cm³/mol. The van der Waals surface area contributed by atoms with E-state index in [0.717, 1.165) is 25.7 Å². The summed E-state index contributed by atoms with van der Waals surface area (Å²) in [5.74, 6) is -0.274. The van der Waals surface area contributed by atoms with Crippen molar-refractivity contribution in [2.75, 3.05) is 6.79 Å². The number of phenolic OH excluding ortho intramolecular Hbond substituents is 2. The highest BCUT2D eigenvalue weighted by Gasteiger charge is 2.32. The number of ketones is 1. The average Bonchev–Trinajstić information content (AvgIpc) is 3.05. The fourth-order valence-electron chi connectivity index (χ4n) is 3.13. The number of unbranched alkanes of at least 4 members (excludes halogenated alkanes) is 5. The van der Waals surface area contributed by atoms with E-state index in [1.165, 1.54) is 19.3 Å². The molecule has 0 amide bonds. The van der Waals surface area contributed by atoms with Crippen molar-refractivity contribution in [2.45, 2.75) is 71.6 Å². The minimum Gasteiger partial charge on any atom is -0.504 e. The molecule has 24 heavy (non-hydrogen) atoms. The lowest BCUT2D eigenvalue weighted by Gasteiger charge is -2.14. The van der Waals surface area contributed by atoms with Gasteiger partial charge in [-0.2, -0.15) is 0 Å². The number of hydrogen-bond acceptors (Lipinski definition) is 5. The minimum absolute atomic E-state index is 0.0464. The smallest absolute Gasteiger partial charge is 0.231 e. The Morgan fingerprint density at radius 2 is 1.58 bits per heavy atom. The first-order valence-corrected chi connectivity index (χ1v) is 9.01. The van der Waals surface area contributed by atoms with Crippen molar-refractivity contribution in [2.24, 2.45) is 0 Å². The van der Waals surface area contributed by atoms with Crippen molar-refractivity contribution in [3.05, 3.63) is 11.1 Å². The summed E-state index contributed by atoms with van der Waals surface area (Å²) >= 11 is 0. The number of fused-ring (bicyclic) bond motifs is 1. The number of carbonyl (C=O) groups is 1. The maximum atomic E-state index is 12.7. The van der Waals surface area contributed by atoms with E-state index in [9.17, 15) is 15.0 Å². The molecule has 2 N–H and O–H groups in total. The number of Topliss-reactive ketones (excluding diaryl/α,β-unsaturated/α-hetero) is 1. The Kier molecular flexibility index (Phi) is 6.76. The van der Waals surface area contributed by atoms with Crippen LogP contribution in [-0.4, -0.2) is 22.8 Å². The molecule has 134 valence electrons. The van der Waals surface area contributed by atoms with Gasteiger partial charge in [-0.15, -0.1) is 0 Å². The molecule has 0 bridgehead atoms. The van der Waals surface area contributed by atoms with Crippen LogP contribution in [0.3, 0.4) is 0 Å². The molecule has 0 aromatic heterocycles. The van der Waals surface area contributed by atoms with Gasteiger partial charge in [-0.3, -0.25) is 4.79 Å². The van der Waals surface area contributed by atoms with Gasteiger partial charge in [0, 0.05) is 12.0 Å². The Labute approximate surface area is 143 Å². The highest BCUT2D eigenvalue weighted by Crippen LogP contribution is 2.51. The van der Waals surface area contributed by atoms with Crippen molar-refractivity contribution in [1.29, 1.82) is 0 Å². The van der Waals surface area contributed by atoms with E-state index in [1.54, 1.807) is 0 Å². The summed E-state index contributed by atoms with van der Waals surface area (Å²) in [4.78, 5) is 12.7. The number of rotatable bonds is 10. The van der Waals surface area contributed by atoms with Gasteiger partial charge in [0.1, 0.15) is 0 Å². The zero-order valence-electron chi connectivity index (χ0n) is 14.7. The van der Waals surface area contributed by atoms with Crippen LogP contribution in [0.4, 0.5) is 0 Å². The summed E-state index contributed by atoms with van der Waals surface area (Å²) in [5, 5.41) is 20.3. The molecule has 1 aromatic carbocycles. The first kappa shape index (κ1) is 18.4. The van der Waals surface area contributed by atoms with Crippen molar-refractivity contribution in [1.82, 2.24) is 0 Å². The van der Waals surface area contributed by atoms with E-state index >= 15 is 0 Å². The van der Waals surface area contributed by atoms with Crippen LogP contribution in [0.15, 0.2) is 0 Å². The normalized spacial score (nSPS) is 12.6. The van der Waals surface area contributed by atoms with Crippen molar-refractivity contribution < 1.29 is 24.5 Å². The molecule has 0 unspecified atom stereocenters. The molecular formula is C19H28O5. The van der Waals surface area contributed by atoms with E-state index in [0.29, 0.717) is 24.0 Å². The zero-order valence-corrected chi connectivity index (χ0v) is 14.7. The lowest BCUT2D eigenvalue weighted by atomic mass is 9.93. The van der Waals surface area contributed by atoms with Gasteiger partial charge in [-0.05, 0) is 12.8 Å². The number of carbonyl (C=O) groups excluding carboxylic acids is 1.